The fourth-order valence-electron chi connectivity index (χ4n) is 4.09. The fraction of sp³-hybridized carbons (Fsp3) is 0.476. The van der Waals surface area contributed by atoms with Gasteiger partial charge in [-0.25, -0.2) is 4.98 Å². The van der Waals surface area contributed by atoms with Crippen molar-refractivity contribution in [3.8, 4) is 0 Å². The Morgan fingerprint density at radius 2 is 1.86 bits per heavy atom. The average Bonchev–Trinajstić information content (AvgIpc) is 3.28. The molecule has 0 bridgehead atoms. The number of ether oxygens (including phenoxy) is 1. The third-order valence-corrected chi connectivity index (χ3v) is 6.20. The van der Waals surface area contributed by atoms with Crippen molar-refractivity contribution in [2.45, 2.75) is 31.1 Å². The van der Waals surface area contributed by atoms with Gasteiger partial charge in [0.15, 0.2) is 5.11 Å². The standard InChI is InChI=1S/C21H26ClN5OS/c22-17-14-18(27-10-4-5-11-27)25-19(24-17)26-20(29)23-15-21(8-12-28-13-9-21)16-6-2-1-3-7-16/h1-3,6-7,14H,4-5,8-13,15H2,(H2,23,24,25,26,29). The molecule has 2 fully saturated rings. The van der Waals surface area contributed by atoms with Gasteiger partial charge in [0.25, 0.3) is 0 Å². The molecule has 1 aromatic carbocycles. The van der Waals surface area contributed by atoms with E-state index in [-0.39, 0.29) is 5.41 Å². The zero-order valence-electron chi connectivity index (χ0n) is 16.4. The number of rotatable bonds is 5. The molecule has 2 aromatic rings. The van der Waals surface area contributed by atoms with Crippen LogP contribution in [0.4, 0.5) is 11.8 Å². The third-order valence-electron chi connectivity index (χ3n) is 5.76. The predicted octanol–water partition coefficient (Wildman–Crippen LogP) is 3.77. The molecule has 0 saturated carbocycles. The Morgan fingerprint density at radius 3 is 2.59 bits per heavy atom. The van der Waals surface area contributed by atoms with Crippen LogP contribution in [0.15, 0.2) is 36.4 Å². The molecule has 0 spiro atoms. The lowest BCUT2D eigenvalue weighted by molar-refractivity contribution is 0.0515. The molecule has 154 valence electrons. The van der Waals surface area contributed by atoms with Gasteiger partial charge in [-0.05, 0) is 43.5 Å². The highest BCUT2D eigenvalue weighted by Crippen LogP contribution is 2.34. The van der Waals surface area contributed by atoms with E-state index >= 15 is 0 Å². The largest absolute Gasteiger partial charge is 0.381 e. The summed E-state index contributed by atoms with van der Waals surface area (Å²) in [7, 11) is 0. The zero-order chi connectivity index (χ0) is 20.1. The maximum absolute atomic E-state index is 6.22. The second-order valence-corrected chi connectivity index (χ2v) is 8.43. The quantitative estimate of drug-likeness (QED) is 0.552. The molecule has 3 heterocycles. The van der Waals surface area contributed by atoms with Gasteiger partial charge in [-0.15, -0.1) is 0 Å². The molecule has 0 aliphatic carbocycles. The van der Waals surface area contributed by atoms with Crippen molar-refractivity contribution in [1.82, 2.24) is 15.3 Å². The normalized spacial score (nSPS) is 18.4. The molecule has 8 heteroatoms. The van der Waals surface area contributed by atoms with E-state index < -0.39 is 0 Å². The second kappa shape index (κ2) is 9.24. The zero-order valence-corrected chi connectivity index (χ0v) is 17.9. The minimum Gasteiger partial charge on any atom is -0.381 e. The highest BCUT2D eigenvalue weighted by atomic mass is 35.5. The van der Waals surface area contributed by atoms with E-state index in [0.29, 0.717) is 16.2 Å². The van der Waals surface area contributed by atoms with Gasteiger partial charge in [0.05, 0.1) is 0 Å². The van der Waals surface area contributed by atoms with Crippen LogP contribution in [0, 0.1) is 0 Å². The summed E-state index contributed by atoms with van der Waals surface area (Å²) in [6, 6.07) is 12.4. The van der Waals surface area contributed by atoms with Crippen LogP contribution in [0.5, 0.6) is 0 Å². The van der Waals surface area contributed by atoms with Gasteiger partial charge in [0.2, 0.25) is 5.95 Å². The summed E-state index contributed by atoms with van der Waals surface area (Å²) >= 11 is 11.8. The summed E-state index contributed by atoms with van der Waals surface area (Å²) in [6.07, 6.45) is 4.27. The first kappa shape index (κ1) is 20.3. The molecule has 2 N–H and O–H groups in total. The van der Waals surface area contributed by atoms with Crippen molar-refractivity contribution in [2.75, 3.05) is 43.1 Å². The van der Waals surface area contributed by atoms with Gasteiger partial charge < -0.3 is 20.3 Å². The third kappa shape index (κ3) is 4.97. The summed E-state index contributed by atoms with van der Waals surface area (Å²) in [4.78, 5) is 11.1. The van der Waals surface area contributed by atoms with Gasteiger partial charge in [-0.3, -0.25) is 0 Å². The summed E-state index contributed by atoms with van der Waals surface area (Å²) in [5.74, 6) is 1.27. The molecule has 2 aliphatic heterocycles. The number of nitrogens with one attached hydrogen (secondary N) is 2. The molecule has 2 saturated heterocycles. The van der Waals surface area contributed by atoms with Crippen molar-refractivity contribution < 1.29 is 4.74 Å². The van der Waals surface area contributed by atoms with E-state index in [9.17, 15) is 0 Å². The van der Waals surface area contributed by atoms with Crippen LogP contribution < -0.4 is 15.5 Å². The van der Waals surface area contributed by atoms with Crippen molar-refractivity contribution in [3.63, 3.8) is 0 Å². The SMILES string of the molecule is S=C(NCC1(c2ccccc2)CCOCC1)Nc1nc(Cl)cc(N2CCCC2)n1. The first-order chi connectivity index (χ1) is 14.1. The summed E-state index contributed by atoms with van der Waals surface area (Å²) in [5, 5.41) is 7.40. The minimum atomic E-state index is 0.00114. The van der Waals surface area contributed by atoms with Crippen molar-refractivity contribution in [3.05, 3.63) is 47.1 Å². The Hall–Kier alpha value is -1.96. The molecule has 6 nitrogen and oxygen atoms in total. The molecule has 0 amide bonds. The Bertz CT molecular complexity index is 838. The summed E-state index contributed by atoms with van der Waals surface area (Å²) < 4.78 is 5.61. The smallest absolute Gasteiger partial charge is 0.232 e. The van der Waals surface area contributed by atoms with E-state index in [1.54, 1.807) is 6.07 Å². The molecular formula is C21H26ClN5OS. The highest BCUT2D eigenvalue weighted by molar-refractivity contribution is 7.80. The van der Waals surface area contributed by atoms with Crippen molar-refractivity contribution in [1.29, 1.82) is 0 Å². The van der Waals surface area contributed by atoms with E-state index in [4.69, 9.17) is 28.6 Å². The predicted molar refractivity (Wildman–Crippen MR) is 121 cm³/mol. The van der Waals surface area contributed by atoms with Gasteiger partial charge >= 0.3 is 0 Å². The van der Waals surface area contributed by atoms with Crippen LogP contribution in [-0.2, 0) is 10.2 Å². The van der Waals surface area contributed by atoms with Gasteiger partial charge in [-0.1, -0.05) is 41.9 Å². The first-order valence-electron chi connectivity index (χ1n) is 10.1. The Balaban J connectivity index is 1.42. The van der Waals surface area contributed by atoms with Crippen LogP contribution in [0.2, 0.25) is 5.15 Å². The summed E-state index contributed by atoms with van der Waals surface area (Å²) in [5.41, 5.74) is 1.31. The Labute approximate surface area is 182 Å². The number of halogens is 1. The number of benzene rings is 1. The van der Waals surface area contributed by atoms with Crippen molar-refractivity contribution in [2.24, 2.45) is 0 Å². The summed E-state index contributed by atoms with van der Waals surface area (Å²) in [6.45, 7) is 4.24. The lowest BCUT2D eigenvalue weighted by atomic mass is 9.74. The number of nitrogens with zero attached hydrogens (tertiary/aromatic N) is 3. The van der Waals surface area contributed by atoms with Gasteiger partial charge in [0.1, 0.15) is 11.0 Å². The number of anilines is 2. The maximum atomic E-state index is 6.22. The van der Waals surface area contributed by atoms with Crippen LogP contribution in [0.1, 0.15) is 31.2 Å². The van der Waals surface area contributed by atoms with Crippen LogP contribution in [0.25, 0.3) is 0 Å². The number of hydrogen-bond donors (Lipinski definition) is 2. The van der Waals surface area contributed by atoms with Gasteiger partial charge in [-0.2, -0.15) is 4.98 Å². The number of thiocarbonyl (C=S) groups is 1. The minimum absolute atomic E-state index is 0.00114. The second-order valence-electron chi connectivity index (χ2n) is 7.63. The van der Waals surface area contributed by atoms with Crippen molar-refractivity contribution >= 4 is 40.7 Å². The number of hydrogen-bond acceptors (Lipinski definition) is 5. The lowest BCUT2D eigenvalue weighted by Gasteiger charge is -2.38. The number of aromatic nitrogens is 2. The molecule has 2 aliphatic rings. The maximum Gasteiger partial charge on any atom is 0.232 e. The lowest BCUT2D eigenvalue weighted by Crippen LogP contribution is -2.45. The fourth-order valence-corrected chi connectivity index (χ4v) is 4.43. The molecule has 0 radical (unpaired) electrons. The monoisotopic (exact) mass is 431 g/mol. The Kier molecular flexibility index (Phi) is 6.47. The van der Waals surface area contributed by atoms with Crippen LogP contribution >= 0.6 is 23.8 Å². The van der Waals surface area contributed by atoms with Crippen LogP contribution in [-0.4, -0.2) is 47.9 Å². The first-order valence-corrected chi connectivity index (χ1v) is 10.9. The highest BCUT2D eigenvalue weighted by Gasteiger charge is 2.34. The molecule has 0 atom stereocenters. The van der Waals surface area contributed by atoms with E-state index in [1.165, 1.54) is 18.4 Å². The molecule has 0 unspecified atom stereocenters. The van der Waals surface area contributed by atoms with E-state index in [1.807, 2.05) is 6.07 Å². The van der Waals surface area contributed by atoms with Crippen LogP contribution in [0.3, 0.4) is 0 Å². The Morgan fingerprint density at radius 1 is 1.14 bits per heavy atom. The molecule has 29 heavy (non-hydrogen) atoms. The van der Waals surface area contributed by atoms with E-state index in [0.717, 1.165) is 51.5 Å². The topological polar surface area (TPSA) is 62.3 Å². The van der Waals surface area contributed by atoms with Gasteiger partial charge in [0, 0.05) is 44.3 Å². The average molecular weight is 432 g/mol. The van der Waals surface area contributed by atoms with E-state index in [2.05, 4.69) is 49.8 Å². The molecular weight excluding hydrogens is 406 g/mol. The molecule has 4 rings (SSSR count). The molecule has 1 aromatic heterocycles.